The molecule has 0 aliphatic heterocycles. The highest BCUT2D eigenvalue weighted by Crippen LogP contribution is 2.26. The monoisotopic (exact) mass is 750 g/mol. The van der Waals surface area contributed by atoms with Gasteiger partial charge in [-0.15, -0.1) is 0 Å². The van der Waals surface area contributed by atoms with Crippen molar-refractivity contribution in [2.24, 2.45) is 4.40 Å². The number of esters is 1. The fourth-order valence-electron chi connectivity index (χ4n) is 1.75. The van der Waals surface area contributed by atoms with Gasteiger partial charge in [0.05, 0.1) is 5.56 Å². The number of nitrogens with zero attached hydrogens (tertiary/aromatic N) is 1. The first-order valence-corrected chi connectivity index (χ1v) is 11.5. The van der Waals surface area contributed by atoms with Crippen molar-refractivity contribution in [2.75, 3.05) is 0 Å². The van der Waals surface area contributed by atoms with Gasteiger partial charge in [-0.1, -0.05) is 12.1 Å². The molecule has 13 heteroatoms. The van der Waals surface area contributed by atoms with Crippen LogP contribution in [0.1, 0.15) is 15.9 Å². The maximum atomic E-state index is 12.3. The number of hydrogen-bond acceptors (Lipinski definition) is 5. The fraction of sp³-hybridized carbons (Fsp3) is 0.0667. The van der Waals surface area contributed by atoms with Crippen LogP contribution in [-0.2, 0) is 10.0 Å². The Morgan fingerprint density at radius 2 is 1.64 bits per heavy atom. The molecule has 0 radical (unpaired) electrons. The van der Waals surface area contributed by atoms with Gasteiger partial charge >= 0.3 is 21.5 Å². The van der Waals surface area contributed by atoms with Crippen molar-refractivity contribution in [3.05, 3.63) is 58.2 Å². The summed E-state index contributed by atoms with van der Waals surface area (Å²) >= 11 is 6.11. The Morgan fingerprint density at radius 1 is 1.07 bits per heavy atom. The molecule has 0 aliphatic carbocycles. The Balaban J connectivity index is 2.23. The molecule has 2 rings (SSSR count). The number of hydrogen-bond donors (Lipinski definition) is 0. The Kier molecular flexibility index (Phi) is 7.57. The van der Waals surface area contributed by atoms with Crippen molar-refractivity contribution < 1.29 is 36.2 Å². The number of alkyl halides is 3. The molecule has 0 aromatic heterocycles. The van der Waals surface area contributed by atoms with Crippen molar-refractivity contribution in [1.29, 1.82) is 0 Å². The van der Waals surface area contributed by atoms with Crippen molar-refractivity contribution in [3.63, 3.8) is 0 Å². The molecule has 0 saturated carbocycles. The van der Waals surface area contributed by atoms with E-state index in [1.807, 2.05) is 51.2 Å². The van der Waals surface area contributed by atoms with Crippen LogP contribution in [0.3, 0.4) is 0 Å². The van der Waals surface area contributed by atoms with E-state index < -0.39 is 33.0 Å². The molecule has 0 saturated heterocycles. The summed E-state index contributed by atoms with van der Waals surface area (Å²) in [6.45, 7) is 0. The van der Waals surface area contributed by atoms with Gasteiger partial charge in [0.15, 0.2) is 0 Å². The number of carbonyl (C=O) groups excluding carboxylic acids is 1. The minimum Gasteiger partial charge on any atom is -0.858 e. The predicted octanol–water partition coefficient (Wildman–Crippen LogP) is 3.68. The zero-order valence-electron chi connectivity index (χ0n) is 13.1. The quantitative estimate of drug-likeness (QED) is 0.119. The van der Waals surface area contributed by atoms with E-state index in [-0.39, 0.29) is 5.75 Å². The van der Waals surface area contributed by atoms with Crippen molar-refractivity contribution in [2.45, 2.75) is 5.51 Å². The summed E-state index contributed by atoms with van der Waals surface area (Å²) in [4.78, 5) is 12.3. The van der Waals surface area contributed by atoms with Gasteiger partial charge in [-0.25, -0.2) is 4.79 Å². The van der Waals surface area contributed by atoms with Crippen molar-refractivity contribution in [3.8, 4) is 5.75 Å². The summed E-state index contributed by atoms with van der Waals surface area (Å²) in [6, 6.07) is 7.80. The topological polar surface area (TPSA) is 95.9 Å². The Morgan fingerprint density at radius 3 is 2.18 bits per heavy atom. The summed E-state index contributed by atoms with van der Waals surface area (Å²) < 4.78 is 68.4. The molecular weight excluding hydrogens is 744 g/mol. The van der Waals surface area contributed by atoms with E-state index in [0.717, 1.165) is 31.4 Å². The minimum absolute atomic E-state index is 0.0184. The first kappa shape index (κ1) is 23.6. The second-order valence-corrected chi connectivity index (χ2v) is 10.1. The van der Waals surface area contributed by atoms with Gasteiger partial charge in [0, 0.05) is 16.6 Å². The maximum absolute atomic E-state index is 12.3. The van der Waals surface area contributed by atoms with Crippen LogP contribution in [0.5, 0.6) is 5.75 Å². The van der Waals surface area contributed by atoms with E-state index in [1.165, 1.54) is 0 Å². The van der Waals surface area contributed by atoms with Crippen LogP contribution >= 0.6 is 67.8 Å². The number of rotatable bonds is 4. The van der Waals surface area contributed by atoms with Crippen LogP contribution in [-0.4, -0.2) is 25.8 Å². The van der Waals surface area contributed by atoms with Crippen LogP contribution in [0, 0.1) is 10.7 Å². The van der Waals surface area contributed by atoms with Gasteiger partial charge in [-0.3, -0.25) is 0 Å². The molecule has 0 spiro atoms. The molecule has 0 N–H and O–H groups in total. The van der Waals surface area contributed by atoms with Gasteiger partial charge in [0.25, 0.3) is 0 Å². The third-order valence-electron chi connectivity index (χ3n) is 3.02. The van der Waals surface area contributed by atoms with E-state index in [2.05, 4.69) is 27.0 Å². The summed E-state index contributed by atoms with van der Waals surface area (Å²) in [5.41, 5.74) is -5.76. The lowest BCUT2D eigenvalue weighted by Gasteiger charge is -2.13. The number of sulfonamides is 1. The molecule has 0 fully saturated rings. The first-order valence-electron chi connectivity index (χ1n) is 6.87. The normalized spacial score (nSPS) is 12.7. The third-order valence-corrected chi connectivity index (χ3v) is 7.68. The zero-order chi connectivity index (χ0) is 21.3. The van der Waals surface area contributed by atoms with E-state index in [4.69, 9.17) is 4.74 Å². The van der Waals surface area contributed by atoms with E-state index in [0.29, 0.717) is 9.13 Å². The molecule has 0 amide bonds. The molecule has 150 valence electrons. The van der Waals surface area contributed by atoms with Crippen LogP contribution in [0.25, 0.3) is 0 Å². The highest BCUT2D eigenvalue weighted by molar-refractivity contribution is 14.1. The molecule has 6 nitrogen and oxygen atoms in total. The summed E-state index contributed by atoms with van der Waals surface area (Å²) in [6.07, 6.45) is 0. The smallest absolute Gasteiger partial charge is 0.518 e. The lowest BCUT2D eigenvalue weighted by Crippen LogP contribution is -2.27. The van der Waals surface area contributed by atoms with E-state index in [1.54, 1.807) is 6.07 Å². The molecule has 28 heavy (non-hydrogen) atoms. The molecule has 0 aliphatic rings. The first-order chi connectivity index (χ1) is 12.8. The highest BCUT2D eigenvalue weighted by Gasteiger charge is 2.45. The summed E-state index contributed by atoms with van der Waals surface area (Å²) in [5, 5.41) is 11.6. The standard InChI is InChI=1S/C15H7F3I3NO5S/c16-15(17,18)28(25,26)22-13(23)7-1-3-9(4-2-7)27-14(24)10-5-8(19)6-11(20)12(10)21/h1-6H,(H,22,23)/p-1. The van der Waals surface area contributed by atoms with Gasteiger partial charge in [-0.2, -0.15) is 26.0 Å². The van der Waals surface area contributed by atoms with Gasteiger partial charge in [0.2, 0.25) is 0 Å². The Labute approximate surface area is 198 Å². The molecule has 2 aromatic rings. The number of ether oxygens (including phenoxy) is 1. The average Bonchev–Trinajstić information content (AvgIpc) is 2.57. The molecule has 0 unspecified atom stereocenters. The lowest BCUT2D eigenvalue weighted by atomic mass is 10.2. The van der Waals surface area contributed by atoms with Gasteiger partial charge in [-0.05, 0) is 97.6 Å². The van der Waals surface area contributed by atoms with Crippen LogP contribution in [0.15, 0.2) is 40.8 Å². The fourth-order valence-corrected chi connectivity index (χ4v) is 4.55. The second-order valence-electron chi connectivity index (χ2n) is 4.98. The SMILES string of the molecule is O=C(Oc1ccc(/C([O-])=N/S(=O)(=O)C(F)(F)F)cc1)c1cc(I)cc(I)c1I. The Hall–Kier alpha value is -0.690. The summed E-state index contributed by atoms with van der Waals surface area (Å²) in [5.74, 6) is -2.23. The summed E-state index contributed by atoms with van der Waals surface area (Å²) in [7, 11) is -5.94. The minimum atomic E-state index is -5.94. The largest absolute Gasteiger partial charge is 0.858 e. The lowest BCUT2D eigenvalue weighted by molar-refractivity contribution is -0.212. The molecule has 2 aromatic carbocycles. The second kappa shape index (κ2) is 8.99. The number of benzene rings is 2. The van der Waals surface area contributed by atoms with E-state index >= 15 is 0 Å². The number of carbonyl (C=O) groups is 1. The van der Waals surface area contributed by atoms with Gasteiger partial charge < -0.3 is 9.84 Å². The van der Waals surface area contributed by atoms with Crippen molar-refractivity contribution >= 4 is 89.7 Å². The molecule has 0 heterocycles. The van der Waals surface area contributed by atoms with Gasteiger partial charge in [0.1, 0.15) is 5.75 Å². The molecular formula is C15H6F3I3NO5S-. The molecule has 0 atom stereocenters. The third kappa shape index (κ3) is 5.68. The van der Waals surface area contributed by atoms with E-state index in [9.17, 15) is 31.5 Å². The Bertz CT molecular complexity index is 1050. The van der Waals surface area contributed by atoms with Crippen LogP contribution in [0.2, 0.25) is 0 Å². The van der Waals surface area contributed by atoms with Crippen molar-refractivity contribution in [1.82, 2.24) is 0 Å². The highest BCUT2D eigenvalue weighted by atomic mass is 127. The average molecular weight is 750 g/mol. The molecule has 0 bridgehead atoms. The zero-order valence-corrected chi connectivity index (χ0v) is 20.4. The van der Waals surface area contributed by atoms with Crippen LogP contribution in [0.4, 0.5) is 13.2 Å². The maximum Gasteiger partial charge on any atom is 0.518 e. The number of halogens is 6. The predicted molar refractivity (Wildman–Crippen MR) is 118 cm³/mol. The van der Waals surface area contributed by atoms with Crippen LogP contribution < -0.4 is 9.84 Å².